The minimum Gasteiger partial charge on any atom is -0.274 e. The van der Waals surface area contributed by atoms with E-state index in [1.807, 2.05) is 0 Å². The van der Waals surface area contributed by atoms with Crippen LogP contribution in [0, 0.1) is 10.1 Å². The van der Waals surface area contributed by atoms with Gasteiger partial charge in [0.1, 0.15) is 5.03 Å². The number of nitro groups is 1. The van der Waals surface area contributed by atoms with Crippen molar-refractivity contribution >= 4 is 34.7 Å². The fourth-order valence-electron chi connectivity index (χ4n) is 1.83. The maximum absolute atomic E-state index is 12.0. The summed E-state index contributed by atoms with van der Waals surface area (Å²) in [5.74, 6) is -1.02. The first-order chi connectivity index (χ1) is 8.97. The van der Waals surface area contributed by atoms with Gasteiger partial charge in [-0.05, 0) is 24.6 Å². The van der Waals surface area contributed by atoms with E-state index in [0.29, 0.717) is 5.56 Å². The summed E-state index contributed by atoms with van der Waals surface area (Å²) >= 11 is 5.87. The van der Waals surface area contributed by atoms with Gasteiger partial charge in [-0.3, -0.25) is 24.6 Å². The number of nitrogens with zero attached hydrogens (tertiary/aromatic N) is 2. The van der Waals surface area contributed by atoms with E-state index < -0.39 is 16.7 Å². The Kier molecular flexibility index (Phi) is 3.35. The van der Waals surface area contributed by atoms with Crippen LogP contribution in [0.2, 0.25) is 0 Å². The van der Waals surface area contributed by atoms with Crippen LogP contribution in [0.15, 0.2) is 29.3 Å². The van der Waals surface area contributed by atoms with E-state index in [0.717, 1.165) is 4.90 Å². The predicted molar refractivity (Wildman–Crippen MR) is 68.3 cm³/mol. The van der Waals surface area contributed by atoms with E-state index in [-0.39, 0.29) is 22.8 Å². The second-order valence-electron chi connectivity index (χ2n) is 3.85. The van der Waals surface area contributed by atoms with Crippen LogP contribution in [0.25, 0.3) is 5.57 Å². The van der Waals surface area contributed by atoms with Crippen molar-refractivity contribution in [1.82, 2.24) is 4.90 Å². The SMILES string of the molecule is CCN1C(=O)C(Cl)=C(c2ccc([N+](=O)[O-])cc2)C1=O. The fourth-order valence-corrected chi connectivity index (χ4v) is 2.13. The van der Waals surface area contributed by atoms with E-state index in [4.69, 9.17) is 11.6 Å². The molecule has 0 aliphatic carbocycles. The lowest BCUT2D eigenvalue weighted by molar-refractivity contribution is -0.384. The van der Waals surface area contributed by atoms with Crippen molar-refractivity contribution in [1.29, 1.82) is 0 Å². The predicted octanol–water partition coefficient (Wildman–Crippen LogP) is 1.93. The van der Waals surface area contributed by atoms with Gasteiger partial charge in [0.15, 0.2) is 0 Å². The molecule has 0 N–H and O–H groups in total. The molecule has 0 aromatic heterocycles. The number of benzene rings is 1. The Labute approximate surface area is 113 Å². The molecule has 0 bridgehead atoms. The van der Waals surface area contributed by atoms with Crippen molar-refractivity contribution in [2.45, 2.75) is 6.92 Å². The molecule has 0 unspecified atom stereocenters. The summed E-state index contributed by atoms with van der Waals surface area (Å²) in [6, 6.07) is 5.33. The van der Waals surface area contributed by atoms with Crippen LogP contribution in [-0.2, 0) is 9.59 Å². The molecule has 0 radical (unpaired) electrons. The van der Waals surface area contributed by atoms with Crippen LogP contribution in [0.3, 0.4) is 0 Å². The summed E-state index contributed by atoms with van der Waals surface area (Å²) < 4.78 is 0. The summed E-state index contributed by atoms with van der Waals surface area (Å²) in [7, 11) is 0. The van der Waals surface area contributed by atoms with Crippen LogP contribution in [0.4, 0.5) is 5.69 Å². The second-order valence-corrected chi connectivity index (χ2v) is 4.23. The third-order valence-electron chi connectivity index (χ3n) is 2.79. The number of carbonyl (C=O) groups is 2. The number of likely N-dealkylation sites (N-methyl/N-ethyl adjacent to an activating group) is 1. The minimum absolute atomic E-state index is 0.0865. The Hall–Kier alpha value is -2.21. The van der Waals surface area contributed by atoms with Crippen molar-refractivity contribution in [2.24, 2.45) is 0 Å². The number of hydrogen-bond acceptors (Lipinski definition) is 4. The molecule has 0 saturated heterocycles. The van der Waals surface area contributed by atoms with Gasteiger partial charge in [-0.2, -0.15) is 0 Å². The molecule has 98 valence electrons. The highest BCUT2D eigenvalue weighted by Gasteiger charge is 2.37. The molecule has 0 fully saturated rings. The zero-order chi connectivity index (χ0) is 14.2. The standard InChI is InChI=1S/C12H9ClN2O4/c1-2-14-11(16)9(10(13)12(14)17)7-3-5-8(6-4-7)15(18)19/h3-6H,2H2,1H3. The number of non-ortho nitro benzene ring substituents is 1. The molecular weight excluding hydrogens is 272 g/mol. The summed E-state index contributed by atoms with van der Waals surface area (Å²) in [5.41, 5.74) is 0.387. The number of imide groups is 1. The van der Waals surface area contributed by atoms with Crippen LogP contribution in [0.1, 0.15) is 12.5 Å². The quantitative estimate of drug-likeness (QED) is 0.481. The zero-order valence-corrected chi connectivity index (χ0v) is 10.7. The monoisotopic (exact) mass is 280 g/mol. The highest BCUT2D eigenvalue weighted by molar-refractivity contribution is 6.55. The number of halogens is 1. The third kappa shape index (κ3) is 2.10. The van der Waals surface area contributed by atoms with E-state index in [2.05, 4.69) is 0 Å². The second kappa shape index (κ2) is 4.81. The molecule has 0 atom stereocenters. The van der Waals surface area contributed by atoms with Gasteiger partial charge in [0.25, 0.3) is 17.5 Å². The van der Waals surface area contributed by atoms with Crippen molar-refractivity contribution in [2.75, 3.05) is 6.54 Å². The van der Waals surface area contributed by atoms with E-state index in [1.165, 1.54) is 24.3 Å². The molecule has 1 aliphatic heterocycles. The molecule has 19 heavy (non-hydrogen) atoms. The molecule has 2 amide bonds. The van der Waals surface area contributed by atoms with Gasteiger partial charge in [0.2, 0.25) is 0 Å². The van der Waals surface area contributed by atoms with Crippen LogP contribution in [-0.4, -0.2) is 28.2 Å². The molecule has 2 rings (SSSR count). The molecule has 6 nitrogen and oxygen atoms in total. The van der Waals surface area contributed by atoms with Gasteiger partial charge in [-0.15, -0.1) is 0 Å². The van der Waals surface area contributed by atoms with E-state index in [9.17, 15) is 19.7 Å². The van der Waals surface area contributed by atoms with Gasteiger partial charge in [0.05, 0.1) is 10.5 Å². The van der Waals surface area contributed by atoms with Gasteiger partial charge >= 0.3 is 0 Å². The van der Waals surface area contributed by atoms with Crippen molar-refractivity contribution in [3.8, 4) is 0 Å². The smallest absolute Gasteiger partial charge is 0.273 e. The number of nitro benzene ring substituents is 1. The van der Waals surface area contributed by atoms with Gasteiger partial charge < -0.3 is 0 Å². The lowest BCUT2D eigenvalue weighted by atomic mass is 10.1. The lowest BCUT2D eigenvalue weighted by Crippen LogP contribution is -2.30. The Morgan fingerprint density at radius 2 is 1.79 bits per heavy atom. The zero-order valence-electron chi connectivity index (χ0n) is 9.92. The highest BCUT2D eigenvalue weighted by Crippen LogP contribution is 2.32. The Morgan fingerprint density at radius 3 is 2.21 bits per heavy atom. The van der Waals surface area contributed by atoms with Crippen LogP contribution < -0.4 is 0 Å². The summed E-state index contributed by atoms with van der Waals surface area (Å²) in [5, 5.41) is 10.4. The van der Waals surface area contributed by atoms with Crippen molar-refractivity contribution < 1.29 is 14.5 Å². The Balaban J connectivity index is 2.44. The van der Waals surface area contributed by atoms with E-state index >= 15 is 0 Å². The van der Waals surface area contributed by atoms with E-state index in [1.54, 1.807) is 6.92 Å². The summed E-state index contributed by atoms with van der Waals surface area (Å²) in [6.45, 7) is 1.89. The maximum Gasteiger partial charge on any atom is 0.273 e. The number of carbonyl (C=O) groups excluding carboxylic acids is 2. The third-order valence-corrected chi connectivity index (χ3v) is 3.15. The largest absolute Gasteiger partial charge is 0.274 e. The first kappa shape index (κ1) is 13.2. The lowest BCUT2D eigenvalue weighted by Gasteiger charge is -2.10. The molecule has 1 aromatic rings. The van der Waals surface area contributed by atoms with Crippen LogP contribution in [0.5, 0.6) is 0 Å². The minimum atomic E-state index is -0.542. The average molecular weight is 281 g/mol. The number of rotatable bonds is 3. The van der Waals surface area contributed by atoms with Gasteiger partial charge in [0, 0.05) is 18.7 Å². The number of hydrogen-bond donors (Lipinski definition) is 0. The molecule has 0 saturated carbocycles. The maximum atomic E-state index is 12.0. The molecule has 7 heteroatoms. The molecule has 1 aliphatic rings. The first-order valence-corrected chi connectivity index (χ1v) is 5.86. The summed E-state index contributed by atoms with van der Waals surface area (Å²) in [4.78, 5) is 34.8. The molecular formula is C12H9ClN2O4. The molecule has 1 heterocycles. The van der Waals surface area contributed by atoms with Gasteiger partial charge in [-0.1, -0.05) is 11.6 Å². The normalized spacial score (nSPS) is 15.4. The highest BCUT2D eigenvalue weighted by atomic mass is 35.5. The Bertz CT molecular complexity index is 607. The first-order valence-electron chi connectivity index (χ1n) is 5.48. The van der Waals surface area contributed by atoms with Crippen molar-refractivity contribution in [3.05, 3.63) is 45.0 Å². The summed E-state index contributed by atoms with van der Waals surface area (Å²) in [6.07, 6.45) is 0. The van der Waals surface area contributed by atoms with Crippen molar-refractivity contribution in [3.63, 3.8) is 0 Å². The average Bonchev–Trinajstić information content (AvgIpc) is 2.60. The Morgan fingerprint density at radius 1 is 1.21 bits per heavy atom. The topological polar surface area (TPSA) is 80.5 Å². The molecule has 1 aromatic carbocycles. The van der Waals surface area contributed by atoms with Crippen LogP contribution >= 0.6 is 11.6 Å². The fraction of sp³-hybridized carbons (Fsp3) is 0.167. The molecule has 0 spiro atoms. The number of amides is 2. The van der Waals surface area contributed by atoms with Gasteiger partial charge in [-0.25, -0.2) is 0 Å².